The van der Waals surface area contributed by atoms with Crippen LogP contribution >= 0.6 is 0 Å². The van der Waals surface area contributed by atoms with E-state index in [1.807, 2.05) is 0 Å². The van der Waals surface area contributed by atoms with E-state index in [1.165, 1.54) is 11.2 Å². The molecule has 1 aromatic rings. The van der Waals surface area contributed by atoms with Crippen molar-refractivity contribution in [2.75, 3.05) is 19.6 Å². The molecule has 1 aromatic heterocycles. The first kappa shape index (κ1) is 15.0. The molecule has 0 spiro atoms. The highest BCUT2D eigenvalue weighted by Crippen LogP contribution is 2.28. The van der Waals surface area contributed by atoms with Gasteiger partial charge in [0, 0.05) is 13.1 Å². The molecule has 3 rings (SSSR count). The summed E-state index contributed by atoms with van der Waals surface area (Å²) in [4.78, 5) is 32.0. The number of carbonyl (C=O) groups is 2. The molecule has 8 heteroatoms. The van der Waals surface area contributed by atoms with Crippen molar-refractivity contribution in [1.82, 2.24) is 30.3 Å². The van der Waals surface area contributed by atoms with Gasteiger partial charge in [-0.2, -0.15) is 5.10 Å². The first-order chi connectivity index (χ1) is 10.5. The number of aromatic nitrogens is 3. The fraction of sp³-hybridized carbons (Fsp3) is 0.714. The van der Waals surface area contributed by atoms with E-state index in [0.29, 0.717) is 13.1 Å². The Bertz CT molecular complexity index is 556. The number of likely N-dealkylation sites (tertiary alicyclic amines) is 1. The largest absolute Gasteiger partial charge is 0.325 e. The SMILES string of the molecule is CC1(C)NC(=O)N(CCN2CCCC[C@@H]2c2ncn[nH]2)C1=O. The second kappa shape index (κ2) is 5.68. The molecule has 2 fully saturated rings. The van der Waals surface area contributed by atoms with Crippen molar-refractivity contribution in [3.8, 4) is 0 Å². The molecule has 22 heavy (non-hydrogen) atoms. The maximum absolute atomic E-state index is 12.2. The summed E-state index contributed by atoms with van der Waals surface area (Å²) in [5, 5.41) is 9.56. The molecule has 0 radical (unpaired) electrons. The third-order valence-corrected chi connectivity index (χ3v) is 4.42. The number of amides is 3. The lowest BCUT2D eigenvalue weighted by atomic mass is 10.0. The third-order valence-electron chi connectivity index (χ3n) is 4.42. The summed E-state index contributed by atoms with van der Waals surface area (Å²) < 4.78 is 0. The minimum atomic E-state index is -0.802. The maximum Gasteiger partial charge on any atom is 0.325 e. The van der Waals surface area contributed by atoms with Gasteiger partial charge in [0.05, 0.1) is 6.04 Å². The molecule has 2 N–H and O–H groups in total. The molecule has 3 heterocycles. The number of aromatic amines is 1. The molecule has 1 atom stereocenters. The monoisotopic (exact) mass is 306 g/mol. The highest BCUT2D eigenvalue weighted by molar-refractivity contribution is 6.06. The number of urea groups is 1. The quantitative estimate of drug-likeness (QED) is 0.797. The van der Waals surface area contributed by atoms with Crippen LogP contribution in [-0.2, 0) is 4.79 Å². The van der Waals surface area contributed by atoms with Crippen molar-refractivity contribution in [1.29, 1.82) is 0 Å². The number of H-pyrrole nitrogens is 1. The fourth-order valence-corrected chi connectivity index (χ4v) is 3.19. The van der Waals surface area contributed by atoms with Crippen molar-refractivity contribution in [2.45, 2.75) is 44.7 Å². The van der Waals surface area contributed by atoms with Gasteiger partial charge in [0.1, 0.15) is 17.7 Å². The predicted octanol–water partition coefficient (Wildman–Crippen LogP) is 0.662. The Morgan fingerprint density at radius 3 is 2.77 bits per heavy atom. The van der Waals surface area contributed by atoms with Crippen LogP contribution in [0.3, 0.4) is 0 Å². The predicted molar refractivity (Wildman–Crippen MR) is 78.9 cm³/mol. The Kier molecular flexibility index (Phi) is 3.86. The molecule has 0 aliphatic carbocycles. The van der Waals surface area contributed by atoms with Gasteiger partial charge in [0.2, 0.25) is 0 Å². The average molecular weight is 306 g/mol. The normalized spacial score (nSPS) is 25.5. The van der Waals surface area contributed by atoms with Gasteiger partial charge >= 0.3 is 6.03 Å². The van der Waals surface area contributed by atoms with E-state index in [9.17, 15) is 9.59 Å². The zero-order valence-corrected chi connectivity index (χ0v) is 13.0. The van der Waals surface area contributed by atoms with Crippen LogP contribution in [0.25, 0.3) is 0 Å². The number of imide groups is 1. The number of hydrogen-bond donors (Lipinski definition) is 2. The zero-order chi connectivity index (χ0) is 15.7. The molecule has 2 saturated heterocycles. The maximum atomic E-state index is 12.2. The van der Waals surface area contributed by atoms with Crippen molar-refractivity contribution >= 4 is 11.9 Å². The summed E-state index contributed by atoms with van der Waals surface area (Å²) in [6.07, 6.45) is 4.80. The Labute approximate surface area is 129 Å². The smallest absolute Gasteiger partial charge is 0.324 e. The standard InChI is InChI=1S/C14H22N6O2/c1-14(2)12(21)20(13(22)17-14)8-7-19-6-4-3-5-10(19)11-15-9-16-18-11/h9-10H,3-8H2,1-2H3,(H,17,22)(H,15,16,18)/t10-/m1/s1. The van der Waals surface area contributed by atoms with Gasteiger partial charge in [-0.1, -0.05) is 6.42 Å². The average Bonchev–Trinajstić information content (AvgIpc) is 3.06. The van der Waals surface area contributed by atoms with Crippen LogP contribution < -0.4 is 5.32 Å². The first-order valence-electron chi connectivity index (χ1n) is 7.72. The zero-order valence-electron chi connectivity index (χ0n) is 13.0. The number of rotatable bonds is 4. The minimum Gasteiger partial charge on any atom is -0.324 e. The topological polar surface area (TPSA) is 94.2 Å². The van der Waals surface area contributed by atoms with Crippen LogP contribution in [0.15, 0.2) is 6.33 Å². The lowest BCUT2D eigenvalue weighted by Gasteiger charge is -2.34. The van der Waals surface area contributed by atoms with Crippen LogP contribution in [0.1, 0.15) is 45.0 Å². The summed E-state index contributed by atoms with van der Waals surface area (Å²) in [6, 6.07) is -0.117. The van der Waals surface area contributed by atoms with E-state index in [4.69, 9.17) is 0 Å². The van der Waals surface area contributed by atoms with E-state index in [1.54, 1.807) is 13.8 Å². The van der Waals surface area contributed by atoms with Gasteiger partial charge in [-0.15, -0.1) is 0 Å². The molecule has 3 amide bonds. The summed E-state index contributed by atoms with van der Waals surface area (Å²) in [5.41, 5.74) is -0.802. The number of hydrogen-bond acceptors (Lipinski definition) is 5. The van der Waals surface area contributed by atoms with Gasteiger partial charge in [0.25, 0.3) is 5.91 Å². The van der Waals surface area contributed by atoms with Crippen molar-refractivity contribution in [2.24, 2.45) is 0 Å². The van der Waals surface area contributed by atoms with E-state index in [-0.39, 0.29) is 18.0 Å². The lowest BCUT2D eigenvalue weighted by molar-refractivity contribution is -0.130. The van der Waals surface area contributed by atoms with Gasteiger partial charge in [-0.3, -0.25) is 19.7 Å². The molecule has 8 nitrogen and oxygen atoms in total. The Hall–Kier alpha value is -1.96. The van der Waals surface area contributed by atoms with Crippen molar-refractivity contribution in [3.05, 3.63) is 12.2 Å². The molecule has 120 valence electrons. The van der Waals surface area contributed by atoms with E-state index >= 15 is 0 Å². The second-order valence-corrected chi connectivity index (χ2v) is 6.43. The highest BCUT2D eigenvalue weighted by Gasteiger charge is 2.44. The van der Waals surface area contributed by atoms with E-state index in [2.05, 4.69) is 25.4 Å². The summed E-state index contributed by atoms with van der Waals surface area (Å²) in [7, 11) is 0. The molecule has 0 unspecified atom stereocenters. The van der Waals surface area contributed by atoms with Crippen LogP contribution in [0.2, 0.25) is 0 Å². The molecule has 0 aromatic carbocycles. The molecular formula is C14H22N6O2. The number of nitrogens with one attached hydrogen (secondary N) is 2. The molecule has 2 aliphatic rings. The number of piperidine rings is 1. The van der Waals surface area contributed by atoms with Crippen molar-refractivity contribution < 1.29 is 9.59 Å². The Morgan fingerprint density at radius 2 is 2.14 bits per heavy atom. The van der Waals surface area contributed by atoms with Crippen LogP contribution in [0.4, 0.5) is 4.79 Å². The van der Waals surface area contributed by atoms with Gasteiger partial charge in [-0.05, 0) is 33.2 Å². The molecule has 0 saturated carbocycles. The van der Waals surface area contributed by atoms with Crippen LogP contribution in [0, 0.1) is 0 Å². The first-order valence-corrected chi connectivity index (χ1v) is 7.72. The molecule has 2 aliphatic heterocycles. The van der Waals surface area contributed by atoms with E-state index in [0.717, 1.165) is 31.6 Å². The second-order valence-electron chi connectivity index (χ2n) is 6.43. The van der Waals surface area contributed by atoms with Gasteiger partial charge in [-0.25, -0.2) is 9.78 Å². The molecular weight excluding hydrogens is 284 g/mol. The highest BCUT2D eigenvalue weighted by atomic mass is 16.2. The summed E-state index contributed by atoms with van der Waals surface area (Å²) in [6.45, 7) is 5.45. The lowest BCUT2D eigenvalue weighted by Crippen LogP contribution is -2.43. The minimum absolute atomic E-state index is 0.161. The van der Waals surface area contributed by atoms with Crippen molar-refractivity contribution in [3.63, 3.8) is 0 Å². The summed E-state index contributed by atoms with van der Waals surface area (Å²) in [5.74, 6) is 0.697. The Balaban J connectivity index is 1.65. The van der Waals surface area contributed by atoms with Crippen LogP contribution in [0.5, 0.6) is 0 Å². The van der Waals surface area contributed by atoms with Gasteiger partial charge in [0.15, 0.2) is 0 Å². The third kappa shape index (κ3) is 2.70. The number of nitrogens with zero attached hydrogens (tertiary/aromatic N) is 4. The van der Waals surface area contributed by atoms with Crippen LogP contribution in [-0.4, -0.2) is 62.1 Å². The molecule has 0 bridgehead atoms. The number of carbonyl (C=O) groups excluding carboxylic acids is 2. The fourth-order valence-electron chi connectivity index (χ4n) is 3.19. The Morgan fingerprint density at radius 1 is 1.32 bits per heavy atom. The van der Waals surface area contributed by atoms with E-state index < -0.39 is 5.54 Å². The summed E-state index contributed by atoms with van der Waals surface area (Å²) >= 11 is 0. The van der Waals surface area contributed by atoms with Gasteiger partial charge < -0.3 is 5.32 Å².